The average molecular weight is 695 g/mol. The Kier molecular flexibility index (Phi) is 10.9. The number of aromatic nitrogens is 1. The van der Waals surface area contributed by atoms with Gasteiger partial charge in [-0.3, -0.25) is 14.6 Å². The molecule has 3 heterocycles. The number of ether oxygens (including phenoxy) is 1. The highest BCUT2D eigenvalue weighted by molar-refractivity contribution is 8.02. The summed E-state index contributed by atoms with van der Waals surface area (Å²) in [5.41, 5.74) is 0.348. The van der Waals surface area contributed by atoms with Crippen LogP contribution in [0.5, 0.6) is 0 Å². The molecule has 13 nitrogen and oxygen atoms in total. The molecular weight excluding hydrogens is 656 g/mol. The third kappa shape index (κ3) is 8.69. The highest BCUT2D eigenvalue weighted by Gasteiger charge is 2.51. The molecular formula is C30H39ClN6O7S2. The zero-order valence-electron chi connectivity index (χ0n) is 26.4. The largest absolute Gasteiger partial charge is 0.458 e. The fraction of sp³-hybridized carbons (Fsp3) is 0.500. The smallest absolute Gasteiger partial charge is 0.329 e. The number of carbonyl (C=O) groups is 4. The number of halogens is 1. The molecule has 2 aliphatic heterocycles. The van der Waals surface area contributed by atoms with Crippen LogP contribution in [0, 0.1) is 0 Å². The lowest BCUT2D eigenvalue weighted by atomic mass is 10.0. The Balaban J connectivity index is 1.49. The lowest BCUT2D eigenvalue weighted by Crippen LogP contribution is -2.57. The second-order valence-corrected chi connectivity index (χ2v) is 16.3. The van der Waals surface area contributed by atoms with E-state index in [1.807, 2.05) is 0 Å². The zero-order chi connectivity index (χ0) is 33.9. The molecule has 1 aromatic carbocycles. The normalized spacial score (nSPS) is 19.3. The van der Waals surface area contributed by atoms with Crippen LogP contribution in [0.1, 0.15) is 40.2 Å². The number of benzene rings is 1. The summed E-state index contributed by atoms with van der Waals surface area (Å²) in [4.78, 5) is 58.2. The van der Waals surface area contributed by atoms with Crippen molar-refractivity contribution in [1.82, 2.24) is 24.4 Å². The number of nitrogens with one attached hydrogen (secondary N) is 2. The average Bonchev–Trinajstić information content (AvgIpc) is 3.33. The van der Waals surface area contributed by atoms with Gasteiger partial charge in [0.15, 0.2) is 0 Å². The van der Waals surface area contributed by atoms with Crippen molar-refractivity contribution in [2.45, 2.75) is 68.4 Å². The quantitative estimate of drug-likeness (QED) is 0.240. The molecule has 2 fully saturated rings. The minimum Gasteiger partial charge on any atom is -0.458 e. The second-order valence-electron chi connectivity index (χ2n) is 12.5. The van der Waals surface area contributed by atoms with Gasteiger partial charge in [0.05, 0.1) is 5.88 Å². The summed E-state index contributed by atoms with van der Waals surface area (Å²) in [7, 11) is -4.07. The van der Waals surface area contributed by atoms with Gasteiger partial charge in [0, 0.05) is 55.4 Å². The van der Waals surface area contributed by atoms with Gasteiger partial charge in [-0.15, -0.1) is 11.8 Å². The Morgan fingerprint density at radius 3 is 2.26 bits per heavy atom. The number of thioether (sulfide) groups is 1. The third-order valence-electron chi connectivity index (χ3n) is 7.47. The fourth-order valence-corrected chi connectivity index (χ4v) is 8.39. The highest BCUT2D eigenvalue weighted by atomic mass is 35.5. The van der Waals surface area contributed by atoms with Crippen molar-refractivity contribution in [3.05, 3.63) is 54.4 Å². The molecule has 2 aliphatic rings. The molecule has 2 saturated heterocycles. The molecule has 0 spiro atoms. The Morgan fingerprint density at radius 2 is 1.70 bits per heavy atom. The number of sulfonamides is 1. The number of carbonyl (C=O) groups excluding carboxylic acids is 4. The summed E-state index contributed by atoms with van der Waals surface area (Å²) in [5, 5.41) is 5.05. The fourth-order valence-electron chi connectivity index (χ4n) is 5.08. The van der Waals surface area contributed by atoms with Crippen LogP contribution in [0.25, 0.3) is 0 Å². The molecule has 4 amide bonds. The van der Waals surface area contributed by atoms with E-state index in [0.29, 0.717) is 37.4 Å². The van der Waals surface area contributed by atoms with Gasteiger partial charge >= 0.3 is 17.4 Å². The molecule has 4 rings (SSSR count). The Morgan fingerprint density at radius 1 is 1.07 bits per heavy atom. The highest BCUT2D eigenvalue weighted by Crippen LogP contribution is 2.42. The minimum atomic E-state index is -4.07. The van der Waals surface area contributed by atoms with Gasteiger partial charge in [-0.1, -0.05) is 12.1 Å². The third-order valence-corrected chi connectivity index (χ3v) is 11.0. The van der Waals surface area contributed by atoms with Crippen molar-refractivity contribution in [2.75, 3.05) is 37.4 Å². The molecule has 1 aromatic heterocycles. The van der Waals surface area contributed by atoms with E-state index >= 15 is 0 Å². The number of nitrogens with zero attached hydrogens (tertiary/aromatic N) is 4. The van der Waals surface area contributed by atoms with Crippen LogP contribution < -0.4 is 10.6 Å². The van der Waals surface area contributed by atoms with Crippen molar-refractivity contribution < 1.29 is 32.3 Å². The van der Waals surface area contributed by atoms with E-state index in [0.717, 1.165) is 4.31 Å². The summed E-state index contributed by atoms with van der Waals surface area (Å²) in [6.07, 6.45) is 2.75. The first kappa shape index (κ1) is 35.5. The number of amides is 4. The van der Waals surface area contributed by atoms with Crippen LogP contribution >= 0.6 is 23.4 Å². The number of rotatable bonds is 8. The number of urea groups is 1. The first-order valence-electron chi connectivity index (χ1n) is 14.7. The van der Waals surface area contributed by atoms with E-state index in [2.05, 4.69) is 15.6 Å². The summed E-state index contributed by atoms with van der Waals surface area (Å²) >= 11 is 6.84. The number of hydrogen-bond acceptors (Lipinski definition) is 9. The first-order chi connectivity index (χ1) is 21.5. The molecule has 46 heavy (non-hydrogen) atoms. The molecule has 0 radical (unpaired) electrons. The SMILES string of the molecule is CC(C)(C)OC(=O)[C@@H](Cc1ccc(NC(=O)N2CCN(C(=O)Cl)CC2)cc1)NC(=O)[C@@H]1N(S(=O)(=O)c2cccnc2)CSC1(C)C. The summed E-state index contributed by atoms with van der Waals surface area (Å²) in [6.45, 7) is 10.1. The topological polar surface area (TPSA) is 158 Å². The van der Waals surface area contributed by atoms with Gasteiger partial charge in [-0.05, 0) is 76.0 Å². The van der Waals surface area contributed by atoms with Crippen LogP contribution in [0.4, 0.5) is 15.3 Å². The predicted molar refractivity (Wildman–Crippen MR) is 175 cm³/mol. The molecule has 0 saturated carbocycles. The van der Waals surface area contributed by atoms with E-state index in [-0.39, 0.29) is 23.2 Å². The van der Waals surface area contributed by atoms with Gasteiger partial charge in [-0.25, -0.2) is 18.0 Å². The van der Waals surface area contributed by atoms with E-state index in [9.17, 15) is 27.6 Å². The van der Waals surface area contributed by atoms with E-state index < -0.39 is 49.7 Å². The van der Waals surface area contributed by atoms with Crippen molar-refractivity contribution >= 4 is 62.3 Å². The maximum absolute atomic E-state index is 13.9. The van der Waals surface area contributed by atoms with Gasteiger partial charge in [0.25, 0.3) is 0 Å². The van der Waals surface area contributed by atoms with E-state index in [4.69, 9.17) is 16.3 Å². The van der Waals surface area contributed by atoms with Crippen molar-refractivity contribution in [2.24, 2.45) is 0 Å². The Bertz CT molecular complexity index is 1540. The predicted octanol–water partition coefficient (Wildman–Crippen LogP) is 3.50. The van der Waals surface area contributed by atoms with Crippen LogP contribution in [0.15, 0.2) is 53.7 Å². The molecule has 2 N–H and O–H groups in total. The van der Waals surface area contributed by atoms with Gasteiger partial charge in [0.1, 0.15) is 22.6 Å². The molecule has 0 aliphatic carbocycles. The second kappa shape index (κ2) is 14.2. The van der Waals surface area contributed by atoms with E-state index in [1.165, 1.54) is 41.2 Å². The lowest BCUT2D eigenvalue weighted by Gasteiger charge is -2.33. The molecule has 0 bridgehead atoms. The van der Waals surface area contributed by atoms with Gasteiger partial charge < -0.3 is 25.2 Å². The number of piperazine rings is 1. The number of pyridine rings is 1. The van der Waals surface area contributed by atoms with Crippen LogP contribution in [-0.4, -0.2) is 105 Å². The van der Waals surface area contributed by atoms with Crippen LogP contribution in [-0.2, 0) is 30.8 Å². The van der Waals surface area contributed by atoms with Gasteiger partial charge in [-0.2, -0.15) is 4.31 Å². The molecule has 16 heteroatoms. The first-order valence-corrected chi connectivity index (χ1v) is 17.5. The van der Waals surface area contributed by atoms with Crippen LogP contribution in [0.2, 0.25) is 0 Å². The zero-order valence-corrected chi connectivity index (χ0v) is 28.7. The summed E-state index contributed by atoms with van der Waals surface area (Å²) in [6, 6.07) is 7.17. The summed E-state index contributed by atoms with van der Waals surface area (Å²) in [5.74, 6) is -1.25. The lowest BCUT2D eigenvalue weighted by molar-refractivity contribution is -0.158. The van der Waals surface area contributed by atoms with Crippen LogP contribution in [0.3, 0.4) is 0 Å². The maximum atomic E-state index is 13.9. The van der Waals surface area contributed by atoms with Crippen molar-refractivity contribution in [3.8, 4) is 0 Å². The number of hydrogen-bond donors (Lipinski definition) is 2. The molecule has 0 unspecified atom stereocenters. The Labute approximate surface area is 278 Å². The van der Waals surface area contributed by atoms with Crippen molar-refractivity contribution in [1.29, 1.82) is 0 Å². The van der Waals surface area contributed by atoms with Gasteiger partial charge in [0.2, 0.25) is 15.9 Å². The standard InChI is InChI=1S/C30H39ClN6O7S2/c1-29(2,3)44-26(39)23(17-20-8-10-21(11-9-20)33-28(41)36-15-13-35(14-16-36)27(31)40)34-25(38)24-30(4,5)45-19-37(24)46(42,43)22-7-6-12-32-18-22/h6-12,18,23-24H,13-17,19H2,1-5H3,(H,33,41)(H,34,38)/t23-,24+/m1/s1. The number of anilines is 1. The van der Waals surface area contributed by atoms with Crippen molar-refractivity contribution in [3.63, 3.8) is 0 Å². The van der Waals surface area contributed by atoms with E-state index in [1.54, 1.807) is 63.8 Å². The minimum absolute atomic E-state index is 0.0328. The monoisotopic (exact) mass is 694 g/mol. The maximum Gasteiger partial charge on any atom is 0.329 e. The molecule has 2 atom stereocenters. The molecule has 2 aromatic rings. The molecule has 250 valence electrons. The number of esters is 1. The Hall–Kier alpha value is -3.40. The summed E-state index contributed by atoms with van der Waals surface area (Å²) < 4.78 is 33.0.